The van der Waals surface area contributed by atoms with Crippen LogP contribution in [0.25, 0.3) is 0 Å². The van der Waals surface area contributed by atoms with Gasteiger partial charge in [0.05, 0.1) is 10.0 Å². The van der Waals surface area contributed by atoms with E-state index in [1.807, 2.05) is 0 Å². The van der Waals surface area contributed by atoms with E-state index in [-0.39, 0.29) is 10.0 Å². The molecule has 0 radical (unpaired) electrons. The summed E-state index contributed by atoms with van der Waals surface area (Å²) in [4.78, 5) is 0. The Kier molecular flexibility index (Phi) is 6.18. The Morgan fingerprint density at radius 1 is 0.682 bits per heavy atom. The van der Waals surface area contributed by atoms with Gasteiger partial charge in [0.25, 0.3) is 0 Å². The van der Waals surface area contributed by atoms with Crippen molar-refractivity contribution in [2.75, 3.05) is 0 Å². The lowest BCUT2D eigenvalue weighted by molar-refractivity contribution is 0.506. The van der Waals surface area contributed by atoms with Gasteiger partial charge in [-0.05, 0) is 24.3 Å². The third-order valence-electron chi connectivity index (χ3n) is 2.31. The minimum atomic E-state index is -1.19. The lowest BCUT2D eigenvalue weighted by atomic mass is 10.2. The van der Waals surface area contributed by atoms with Crippen molar-refractivity contribution >= 4 is 23.2 Å². The maximum atomic E-state index is 12.6. The minimum absolute atomic E-state index is 0.0774. The molecule has 2 aromatic carbocycles. The summed E-state index contributed by atoms with van der Waals surface area (Å²) in [6.07, 6.45) is 0. The second-order valence-electron chi connectivity index (χ2n) is 3.66. The van der Waals surface area contributed by atoms with Gasteiger partial charge in [-0.3, -0.25) is 0 Å². The normalized spacial score (nSPS) is 9.27. The number of hydrogen-bond donors (Lipinski definition) is 0. The zero-order chi connectivity index (χ0) is 16.9. The molecule has 0 heterocycles. The Morgan fingerprint density at radius 2 is 1.00 bits per heavy atom. The van der Waals surface area contributed by atoms with Crippen LogP contribution in [-0.2, 0) is 0 Å². The van der Waals surface area contributed by atoms with Crippen molar-refractivity contribution in [2.45, 2.75) is 0 Å². The van der Waals surface area contributed by atoms with E-state index < -0.39 is 34.4 Å². The number of nitrogens with zero attached hydrogens (tertiary/aromatic N) is 2. The Balaban J connectivity index is 0.000000220. The second-order valence-corrected chi connectivity index (χ2v) is 4.47. The first kappa shape index (κ1) is 17.8. The molecule has 2 rings (SSSR count). The molecule has 0 aliphatic rings. The molecule has 2 aromatic rings. The molecule has 8 heteroatoms. The fourth-order valence-corrected chi connectivity index (χ4v) is 1.64. The highest BCUT2D eigenvalue weighted by Gasteiger charge is 2.11. The molecular weight excluding hydrogens is 343 g/mol. The molecule has 0 unspecified atom stereocenters. The molecule has 0 saturated carbocycles. The van der Waals surface area contributed by atoms with Gasteiger partial charge in [-0.2, -0.15) is 10.5 Å². The van der Waals surface area contributed by atoms with Gasteiger partial charge in [0.1, 0.15) is 23.3 Å². The molecule has 0 spiro atoms. The Hall–Kier alpha value is -2.28. The molecule has 0 aliphatic heterocycles. The Bertz CT molecular complexity index is 727. The van der Waals surface area contributed by atoms with Crippen molar-refractivity contribution < 1.29 is 17.6 Å². The van der Waals surface area contributed by atoms with Crippen molar-refractivity contribution in [2.24, 2.45) is 0 Å². The lowest BCUT2D eigenvalue weighted by Gasteiger charge is -1.95. The zero-order valence-corrected chi connectivity index (χ0v) is 12.0. The molecule has 0 aromatic heterocycles. The molecule has 0 saturated heterocycles. The van der Waals surface area contributed by atoms with E-state index >= 15 is 0 Å². The van der Waals surface area contributed by atoms with Crippen LogP contribution >= 0.6 is 23.2 Å². The first-order valence-corrected chi connectivity index (χ1v) is 6.16. The topological polar surface area (TPSA) is 47.6 Å². The van der Waals surface area contributed by atoms with Crippen LogP contribution in [0.4, 0.5) is 17.6 Å². The van der Waals surface area contributed by atoms with E-state index in [4.69, 9.17) is 33.7 Å². The molecule has 0 aliphatic carbocycles. The smallest absolute Gasteiger partial charge is 0.178 e. The Morgan fingerprint density at radius 3 is 1.23 bits per heavy atom. The van der Waals surface area contributed by atoms with E-state index in [1.54, 1.807) is 0 Å². The first-order valence-electron chi connectivity index (χ1n) is 5.40. The third-order valence-corrected chi connectivity index (χ3v) is 2.94. The highest BCUT2D eigenvalue weighted by atomic mass is 35.5. The van der Waals surface area contributed by atoms with Crippen LogP contribution in [-0.4, -0.2) is 0 Å². The molecule has 0 N–H and O–H groups in total. The van der Waals surface area contributed by atoms with E-state index in [2.05, 4.69) is 0 Å². The molecule has 0 fully saturated rings. The summed E-state index contributed by atoms with van der Waals surface area (Å²) in [6.45, 7) is 0. The standard InChI is InChI=1S/2C7H2ClF2N/c2*8-5-1-2-6(9)7(10)4(5)3-11/h2*1-2H. The van der Waals surface area contributed by atoms with Crippen LogP contribution in [0.5, 0.6) is 0 Å². The summed E-state index contributed by atoms with van der Waals surface area (Å²) in [5.41, 5.74) is -0.904. The highest BCUT2D eigenvalue weighted by Crippen LogP contribution is 2.20. The van der Waals surface area contributed by atoms with Crippen LogP contribution < -0.4 is 0 Å². The number of nitriles is 2. The Labute approximate surface area is 132 Å². The fourth-order valence-electron chi connectivity index (χ4n) is 1.26. The van der Waals surface area contributed by atoms with Crippen LogP contribution in [0.2, 0.25) is 10.0 Å². The molecule has 0 atom stereocenters. The van der Waals surface area contributed by atoms with E-state index in [9.17, 15) is 17.6 Å². The van der Waals surface area contributed by atoms with E-state index in [0.29, 0.717) is 0 Å². The van der Waals surface area contributed by atoms with Gasteiger partial charge in [0.15, 0.2) is 23.3 Å². The first-order chi connectivity index (χ1) is 10.3. The second kappa shape index (κ2) is 7.65. The number of benzene rings is 2. The van der Waals surface area contributed by atoms with Crippen LogP contribution in [0, 0.1) is 45.9 Å². The number of halogens is 6. The van der Waals surface area contributed by atoms with Crippen LogP contribution in [0.15, 0.2) is 24.3 Å². The largest absolute Gasteiger partial charge is 0.204 e. The zero-order valence-electron chi connectivity index (χ0n) is 10.5. The van der Waals surface area contributed by atoms with Gasteiger partial charge < -0.3 is 0 Å². The van der Waals surface area contributed by atoms with Crippen molar-refractivity contribution in [3.8, 4) is 12.1 Å². The summed E-state index contributed by atoms with van der Waals surface area (Å²) < 4.78 is 49.9. The maximum Gasteiger partial charge on any atom is 0.178 e. The van der Waals surface area contributed by atoms with Crippen LogP contribution in [0.1, 0.15) is 11.1 Å². The molecular formula is C14H4Cl2F4N2. The highest BCUT2D eigenvalue weighted by molar-refractivity contribution is 6.32. The van der Waals surface area contributed by atoms with Gasteiger partial charge in [-0.1, -0.05) is 23.2 Å². The third kappa shape index (κ3) is 3.88. The summed E-state index contributed by atoms with van der Waals surface area (Å²) in [6, 6.07) is 6.94. The lowest BCUT2D eigenvalue weighted by Crippen LogP contribution is -1.89. The fraction of sp³-hybridized carbons (Fsp3) is 0. The number of hydrogen-bond acceptors (Lipinski definition) is 2. The summed E-state index contributed by atoms with van der Waals surface area (Å²) in [5.74, 6) is -4.52. The number of rotatable bonds is 0. The van der Waals surface area contributed by atoms with Crippen LogP contribution in [0.3, 0.4) is 0 Å². The van der Waals surface area contributed by atoms with Gasteiger partial charge in [0.2, 0.25) is 0 Å². The van der Waals surface area contributed by atoms with Gasteiger partial charge >= 0.3 is 0 Å². The molecule has 112 valence electrons. The SMILES string of the molecule is N#Cc1c(Cl)ccc(F)c1F.N#Cc1c(Cl)ccc(F)c1F. The molecule has 2 nitrogen and oxygen atoms in total. The molecule has 0 amide bonds. The van der Waals surface area contributed by atoms with Gasteiger partial charge in [-0.25, -0.2) is 17.6 Å². The monoisotopic (exact) mass is 346 g/mol. The summed E-state index contributed by atoms with van der Waals surface area (Å²) in [5, 5.41) is 16.4. The van der Waals surface area contributed by atoms with Crippen molar-refractivity contribution in [1.29, 1.82) is 10.5 Å². The average Bonchev–Trinajstić information content (AvgIpc) is 2.49. The van der Waals surface area contributed by atoms with Crippen molar-refractivity contribution in [3.05, 3.63) is 68.7 Å². The molecule has 22 heavy (non-hydrogen) atoms. The van der Waals surface area contributed by atoms with E-state index in [0.717, 1.165) is 24.3 Å². The average molecular weight is 347 g/mol. The maximum absolute atomic E-state index is 12.6. The summed E-state index contributed by atoms with van der Waals surface area (Å²) in [7, 11) is 0. The van der Waals surface area contributed by atoms with Gasteiger partial charge in [-0.15, -0.1) is 0 Å². The minimum Gasteiger partial charge on any atom is -0.204 e. The van der Waals surface area contributed by atoms with Gasteiger partial charge in [0, 0.05) is 0 Å². The summed E-state index contributed by atoms with van der Waals surface area (Å²) >= 11 is 10.7. The predicted octanol–water partition coefficient (Wildman–Crippen LogP) is 4.98. The van der Waals surface area contributed by atoms with Crippen molar-refractivity contribution in [3.63, 3.8) is 0 Å². The molecule has 0 bridgehead atoms. The van der Waals surface area contributed by atoms with E-state index in [1.165, 1.54) is 12.1 Å². The van der Waals surface area contributed by atoms with Crippen molar-refractivity contribution in [1.82, 2.24) is 0 Å². The predicted molar refractivity (Wildman–Crippen MR) is 72.2 cm³/mol. The quantitative estimate of drug-likeness (QED) is 0.498.